The van der Waals surface area contributed by atoms with Gasteiger partial charge in [-0.25, -0.2) is 14.2 Å². The minimum absolute atomic E-state index is 0.0988. The third kappa shape index (κ3) is 3.95. The van der Waals surface area contributed by atoms with E-state index in [0.29, 0.717) is 5.56 Å². The SMILES string of the molecule is COC(=O)c1cnn(-c2cccc(-c3cccc(-n4ncc5c4C(C)(C)CC5)c3)c2)c1[C@@H]1C[C@H]1c1cn(C)nn1. The molecule has 1 saturated carbocycles. The number of esters is 1. The fourth-order valence-electron chi connectivity index (χ4n) is 6.23. The zero-order valence-electron chi connectivity index (χ0n) is 23.1. The zero-order chi connectivity index (χ0) is 27.6. The van der Waals surface area contributed by atoms with E-state index in [0.717, 1.165) is 53.2 Å². The summed E-state index contributed by atoms with van der Waals surface area (Å²) in [5, 5.41) is 17.8. The topological polar surface area (TPSA) is 92.7 Å². The molecule has 9 heteroatoms. The second-order valence-electron chi connectivity index (χ2n) is 11.5. The van der Waals surface area contributed by atoms with Crippen molar-refractivity contribution in [3.8, 4) is 22.5 Å². The fraction of sp³-hybridized carbons (Fsp3) is 0.323. The highest BCUT2D eigenvalue weighted by atomic mass is 16.5. The summed E-state index contributed by atoms with van der Waals surface area (Å²) in [4.78, 5) is 12.7. The molecule has 0 radical (unpaired) electrons. The molecule has 1 fully saturated rings. The highest BCUT2D eigenvalue weighted by Gasteiger charge is 2.46. The van der Waals surface area contributed by atoms with Gasteiger partial charge in [0.25, 0.3) is 0 Å². The van der Waals surface area contributed by atoms with Crippen molar-refractivity contribution in [3.05, 3.63) is 95.3 Å². The first-order valence-electron chi connectivity index (χ1n) is 13.6. The van der Waals surface area contributed by atoms with Crippen LogP contribution in [0.15, 0.2) is 67.1 Å². The van der Waals surface area contributed by atoms with Gasteiger partial charge in [-0.15, -0.1) is 5.10 Å². The number of rotatable bonds is 6. The molecule has 2 aliphatic rings. The third-order valence-corrected chi connectivity index (χ3v) is 8.37. The van der Waals surface area contributed by atoms with Crippen LogP contribution in [0, 0.1) is 0 Å². The summed E-state index contributed by atoms with van der Waals surface area (Å²) >= 11 is 0. The molecule has 0 amide bonds. The summed E-state index contributed by atoms with van der Waals surface area (Å²) in [6, 6.07) is 16.8. The van der Waals surface area contributed by atoms with Crippen LogP contribution >= 0.6 is 0 Å². The van der Waals surface area contributed by atoms with Crippen LogP contribution in [0.3, 0.4) is 0 Å². The van der Waals surface area contributed by atoms with E-state index in [2.05, 4.69) is 70.3 Å². The molecule has 2 aromatic carbocycles. The number of aromatic nitrogens is 7. The first-order chi connectivity index (χ1) is 19.3. The maximum atomic E-state index is 12.7. The maximum Gasteiger partial charge on any atom is 0.341 e. The molecule has 3 heterocycles. The van der Waals surface area contributed by atoms with Crippen molar-refractivity contribution < 1.29 is 9.53 Å². The molecular weight excluding hydrogens is 502 g/mol. The van der Waals surface area contributed by atoms with Crippen LogP contribution in [-0.4, -0.2) is 47.6 Å². The Morgan fingerprint density at radius 2 is 1.68 bits per heavy atom. The van der Waals surface area contributed by atoms with Crippen LogP contribution < -0.4 is 0 Å². The van der Waals surface area contributed by atoms with Crippen molar-refractivity contribution in [2.75, 3.05) is 7.11 Å². The summed E-state index contributed by atoms with van der Waals surface area (Å²) in [5.74, 6) is -0.0948. The van der Waals surface area contributed by atoms with E-state index in [9.17, 15) is 4.79 Å². The Morgan fingerprint density at radius 3 is 2.35 bits per heavy atom. The number of benzene rings is 2. The molecule has 9 nitrogen and oxygen atoms in total. The van der Waals surface area contributed by atoms with Gasteiger partial charge in [0.15, 0.2) is 0 Å². The van der Waals surface area contributed by atoms with Crippen molar-refractivity contribution in [1.29, 1.82) is 0 Å². The number of hydrogen-bond donors (Lipinski definition) is 0. The summed E-state index contributed by atoms with van der Waals surface area (Å²) in [5.41, 5.74) is 9.09. The average molecular weight is 534 g/mol. The standard InChI is InChI=1S/C31H31N7O2/c1-31(2)12-11-21-16-32-38(29(21)31)23-10-6-8-20(14-23)19-7-5-9-22(13-19)37-28(26(17-33-37)30(39)40-4)25-15-24(25)27-18-36(3)35-34-27/h5-10,13-14,16-18,24-25H,11-12,15H2,1-4H3/t24-,25-/m1/s1. The maximum absolute atomic E-state index is 12.7. The Kier molecular flexibility index (Phi) is 5.52. The molecule has 2 atom stereocenters. The van der Waals surface area contributed by atoms with Gasteiger partial charge in [0.2, 0.25) is 0 Å². The van der Waals surface area contributed by atoms with Crippen LogP contribution in [0.5, 0.6) is 0 Å². The van der Waals surface area contributed by atoms with Crippen molar-refractivity contribution in [2.24, 2.45) is 7.05 Å². The smallest absolute Gasteiger partial charge is 0.341 e. The zero-order valence-corrected chi connectivity index (χ0v) is 23.1. The molecule has 0 unspecified atom stereocenters. The fourth-order valence-corrected chi connectivity index (χ4v) is 6.23. The largest absolute Gasteiger partial charge is 0.465 e. The van der Waals surface area contributed by atoms with Gasteiger partial charge < -0.3 is 4.74 Å². The number of carbonyl (C=O) groups excluding carboxylic acids is 1. The summed E-state index contributed by atoms with van der Waals surface area (Å²) < 4.78 is 10.8. The van der Waals surface area contributed by atoms with Gasteiger partial charge in [0.05, 0.1) is 48.0 Å². The van der Waals surface area contributed by atoms with Gasteiger partial charge in [-0.3, -0.25) is 4.68 Å². The summed E-state index contributed by atoms with van der Waals surface area (Å²) in [7, 11) is 3.26. The molecule has 0 bridgehead atoms. The first kappa shape index (κ1) is 24.5. The Bertz CT molecular complexity index is 1760. The Morgan fingerprint density at radius 1 is 0.975 bits per heavy atom. The normalized spacial score (nSPS) is 19.0. The van der Waals surface area contributed by atoms with E-state index >= 15 is 0 Å². The number of ether oxygens (including phenoxy) is 1. The van der Waals surface area contributed by atoms with Gasteiger partial charge in [0, 0.05) is 30.5 Å². The van der Waals surface area contributed by atoms with Crippen LogP contribution in [0.1, 0.15) is 71.5 Å². The molecule has 5 aromatic rings. The average Bonchev–Trinajstić information content (AvgIpc) is 3.33. The van der Waals surface area contributed by atoms with Gasteiger partial charge in [-0.05, 0) is 60.2 Å². The van der Waals surface area contributed by atoms with Gasteiger partial charge in [-0.1, -0.05) is 43.3 Å². The van der Waals surface area contributed by atoms with E-state index in [-0.39, 0.29) is 23.2 Å². The lowest BCUT2D eigenvalue weighted by atomic mass is 9.90. The van der Waals surface area contributed by atoms with Gasteiger partial charge >= 0.3 is 5.97 Å². The highest BCUT2D eigenvalue weighted by Crippen LogP contribution is 2.55. The lowest BCUT2D eigenvalue weighted by Gasteiger charge is -2.21. The number of methoxy groups -OCH3 is 1. The Hall–Kier alpha value is -4.53. The van der Waals surface area contributed by atoms with E-state index in [4.69, 9.17) is 9.84 Å². The molecule has 7 rings (SSSR count). The first-order valence-corrected chi connectivity index (χ1v) is 13.6. The molecule has 3 aromatic heterocycles. The lowest BCUT2D eigenvalue weighted by Crippen LogP contribution is -2.18. The van der Waals surface area contributed by atoms with Crippen molar-refractivity contribution in [1.82, 2.24) is 34.6 Å². The van der Waals surface area contributed by atoms with Crippen LogP contribution in [0.2, 0.25) is 0 Å². The highest BCUT2D eigenvalue weighted by molar-refractivity contribution is 5.91. The van der Waals surface area contributed by atoms with Crippen LogP contribution in [0.4, 0.5) is 0 Å². The minimum Gasteiger partial charge on any atom is -0.465 e. The summed E-state index contributed by atoms with van der Waals surface area (Å²) in [6.07, 6.45) is 8.65. The monoisotopic (exact) mass is 533 g/mol. The van der Waals surface area contributed by atoms with E-state index in [1.165, 1.54) is 18.4 Å². The summed E-state index contributed by atoms with van der Waals surface area (Å²) in [6.45, 7) is 4.59. The molecule has 40 heavy (non-hydrogen) atoms. The number of nitrogens with zero attached hydrogens (tertiary/aromatic N) is 7. The van der Waals surface area contributed by atoms with Gasteiger partial charge in [-0.2, -0.15) is 10.2 Å². The second kappa shape index (κ2) is 9.01. The number of aryl methyl sites for hydroxylation is 2. The number of hydrogen-bond acceptors (Lipinski definition) is 6. The quantitative estimate of drug-likeness (QED) is 0.281. The number of carbonyl (C=O) groups is 1. The molecule has 0 spiro atoms. The number of fused-ring (bicyclic) bond motifs is 1. The molecule has 0 aliphatic heterocycles. The molecule has 0 saturated heterocycles. The van der Waals surface area contributed by atoms with E-state index in [1.807, 2.05) is 36.3 Å². The van der Waals surface area contributed by atoms with Crippen LogP contribution in [0.25, 0.3) is 22.5 Å². The molecule has 202 valence electrons. The third-order valence-electron chi connectivity index (χ3n) is 8.37. The van der Waals surface area contributed by atoms with Gasteiger partial charge in [0.1, 0.15) is 5.56 Å². The lowest BCUT2D eigenvalue weighted by molar-refractivity contribution is 0.0599. The van der Waals surface area contributed by atoms with Crippen molar-refractivity contribution >= 4 is 5.97 Å². The van der Waals surface area contributed by atoms with Crippen molar-refractivity contribution in [2.45, 2.75) is 50.4 Å². The second-order valence-corrected chi connectivity index (χ2v) is 11.5. The predicted octanol–water partition coefficient (Wildman–Crippen LogP) is 5.14. The molecular formula is C31H31N7O2. The Balaban J connectivity index is 1.26. The predicted molar refractivity (Wildman–Crippen MR) is 150 cm³/mol. The van der Waals surface area contributed by atoms with E-state index in [1.54, 1.807) is 10.9 Å². The van der Waals surface area contributed by atoms with Crippen molar-refractivity contribution in [3.63, 3.8) is 0 Å². The van der Waals surface area contributed by atoms with E-state index < -0.39 is 0 Å². The minimum atomic E-state index is -0.385. The molecule has 0 N–H and O–H groups in total. The Labute approximate surface area is 232 Å². The van der Waals surface area contributed by atoms with Crippen LogP contribution in [-0.2, 0) is 23.6 Å². The molecule has 2 aliphatic carbocycles.